The van der Waals surface area contributed by atoms with Gasteiger partial charge in [0.25, 0.3) is 0 Å². The number of aliphatic carboxylic acids is 1. The fourth-order valence-electron chi connectivity index (χ4n) is 2.24. The second-order valence-corrected chi connectivity index (χ2v) is 11.1. The Hall–Kier alpha value is 0.01000. The predicted octanol–water partition coefficient (Wildman–Crippen LogP) is 7.08. The Kier molecular flexibility index (Phi) is 16.5. The van der Waals surface area contributed by atoms with Crippen LogP contribution in [0.5, 0.6) is 0 Å². The van der Waals surface area contributed by atoms with Gasteiger partial charge in [0, 0.05) is 12.2 Å². The van der Waals surface area contributed by atoms with Gasteiger partial charge in [0.2, 0.25) is 0 Å². The van der Waals surface area contributed by atoms with Crippen LogP contribution in [-0.4, -0.2) is 21.6 Å². The Morgan fingerprint density at radius 1 is 1.04 bits per heavy atom. The van der Waals surface area contributed by atoms with Crippen molar-refractivity contribution in [2.75, 3.05) is 5.75 Å². The number of nitrogens with zero attached hydrogens (tertiary/aromatic N) is 1. The van der Waals surface area contributed by atoms with Gasteiger partial charge in [0.05, 0.1) is 6.07 Å². The Bertz CT molecular complexity index is 361. The molecule has 24 heavy (non-hydrogen) atoms. The largest absolute Gasteiger partial charge is 0.481 e. The van der Waals surface area contributed by atoms with Gasteiger partial charge < -0.3 is 5.11 Å². The van der Waals surface area contributed by atoms with E-state index in [-0.39, 0.29) is 6.42 Å². The number of unbranched alkanes of at least 4 members (excludes halogenated alkanes) is 9. The van der Waals surface area contributed by atoms with Crippen molar-refractivity contribution in [3.8, 4) is 6.07 Å². The summed E-state index contributed by atoms with van der Waals surface area (Å²) in [5, 5.41) is 17.9. The lowest BCUT2D eigenvalue weighted by Gasteiger charge is -2.18. The van der Waals surface area contributed by atoms with Crippen LogP contribution >= 0.6 is 31.4 Å². The third kappa shape index (κ3) is 15.5. The van der Waals surface area contributed by atoms with Crippen LogP contribution in [0.2, 0.25) is 0 Å². The van der Waals surface area contributed by atoms with Gasteiger partial charge in [-0.15, -0.1) is 0 Å². The van der Waals surface area contributed by atoms with Crippen molar-refractivity contribution in [3.05, 3.63) is 0 Å². The molecule has 0 heterocycles. The maximum absolute atomic E-state index is 10.6. The first kappa shape index (κ1) is 24.0. The average molecular weight is 392 g/mol. The van der Waals surface area contributed by atoms with E-state index < -0.39 is 10.7 Å². The van der Waals surface area contributed by atoms with Crippen LogP contribution in [0, 0.1) is 11.3 Å². The van der Waals surface area contributed by atoms with Gasteiger partial charge >= 0.3 is 5.97 Å². The first-order valence-corrected chi connectivity index (χ1v) is 12.8. The summed E-state index contributed by atoms with van der Waals surface area (Å²) in [6, 6.07) is 2.24. The van der Waals surface area contributed by atoms with E-state index in [4.69, 9.17) is 5.11 Å². The van der Waals surface area contributed by atoms with E-state index in [0.717, 1.165) is 5.75 Å². The zero-order valence-corrected chi connectivity index (χ0v) is 17.7. The number of carboxylic acid groups (broad SMARTS) is 1. The standard InChI is InChI=1S/C18H33NO2S3/c1-3-4-5-6-7-8-9-10-11-12-15-22-24-23-18(2,16-19)14-13-17(20)21/h3-15H2,1-2H3,(H,20,21). The number of carboxylic acids is 1. The highest BCUT2D eigenvalue weighted by Gasteiger charge is 2.26. The van der Waals surface area contributed by atoms with Crippen molar-refractivity contribution in [2.24, 2.45) is 0 Å². The summed E-state index contributed by atoms with van der Waals surface area (Å²) >= 11 is 0. The molecule has 6 heteroatoms. The first-order chi connectivity index (χ1) is 11.5. The molecule has 0 saturated carbocycles. The van der Waals surface area contributed by atoms with Crippen molar-refractivity contribution in [3.63, 3.8) is 0 Å². The molecular weight excluding hydrogens is 358 g/mol. The van der Waals surface area contributed by atoms with Crippen molar-refractivity contribution < 1.29 is 9.90 Å². The van der Waals surface area contributed by atoms with E-state index in [1.807, 2.05) is 6.92 Å². The Morgan fingerprint density at radius 2 is 1.58 bits per heavy atom. The topological polar surface area (TPSA) is 61.1 Å². The lowest BCUT2D eigenvalue weighted by atomic mass is 10.1. The van der Waals surface area contributed by atoms with E-state index in [1.165, 1.54) is 75.0 Å². The highest BCUT2D eigenvalue weighted by molar-refractivity contribution is 9.09. The molecule has 0 spiro atoms. The van der Waals surface area contributed by atoms with Crippen molar-refractivity contribution >= 4 is 37.4 Å². The van der Waals surface area contributed by atoms with Gasteiger partial charge in [-0.25, -0.2) is 0 Å². The molecule has 0 amide bonds. The minimum absolute atomic E-state index is 0.0563. The van der Waals surface area contributed by atoms with Crippen molar-refractivity contribution in [1.82, 2.24) is 0 Å². The van der Waals surface area contributed by atoms with Gasteiger partial charge in [0.15, 0.2) is 0 Å². The molecule has 0 radical (unpaired) electrons. The zero-order valence-electron chi connectivity index (χ0n) is 15.2. The molecule has 0 saturated heterocycles. The van der Waals surface area contributed by atoms with E-state index in [1.54, 1.807) is 20.6 Å². The highest BCUT2D eigenvalue weighted by Crippen LogP contribution is 2.45. The first-order valence-electron chi connectivity index (χ1n) is 9.14. The second-order valence-electron chi connectivity index (χ2n) is 6.39. The number of carbonyl (C=O) groups is 1. The maximum atomic E-state index is 10.6. The summed E-state index contributed by atoms with van der Waals surface area (Å²) in [5.41, 5.74) is 0. The number of hydrogen-bond acceptors (Lipinski definition) is 5. The predicted molar refractivity (Wildman–Crippen MR) is 110 cm³/mol. The van der Waals surface area contributed by atoms with Gasteiger partial charge in [-0.2, -0.15) is 5.26 Å². The summed E-state index contributed by atoms with van der Waals surface area (Å²) < 4.78 is -0.603. The van der Waals surface area contributed by atoms with Gasteiger partial charge in [-0.05, 0) is 29.6 Å². The van der Waals surface area contributed by atoms with Crippen LogP contribution in [0.25, 0.3) is 0 Å². The van der Waals surface area contributed by atoms with E-state index >= 15 is 0 Å². The minimum atomic E-state index is -0.833. The Labute approximate surface area is 159 Å². The summed E-state index contributed by atoms with van der Waals surface area (Å²) in [4.78, 5) is 10.6. The van der Waals surface area contributed by atoms with E-state index in [9.17, 15) is 10.1 Å². The molecule has 1 N–H and O–H groups in total. The Balaban J connectivity index is 3.40. The number of nitriles is 1. The quantitative estimate of drug-likeness (QED) is 0.211. The van der Waals surface area contributed by atoms with E-state index in [2.05, 4.69) is 13.0 Å². The lowest BCUT2D eigenvalue weighted by molar-refractivity contribution is -0.137. The fraction of sp³-hybridized carbons (Fsp3) is 0.889. The number of rotatable bonds is 17. The zero-order chi connectivity index (χ0) is 18.1. The third-order valence-corrected chi connectivity index (χ3v) is 8.76. The van der Waals surface area contributed by atoms with Crippen LogP contribution in [0.15, 0.2) is 0 Å². The van der Waals surface area contributed by atoms with Gasteiger partial charge in [-0.3, -0.25) is 4.79 Å². The summed E-state index contributed by atoms with van der Waals surface area (Å²) in [5.74, 6) is 0.273. The highest BCUT2D eigenvalue weighted by atomic mass is 33.5. The normalized spacial score (nSPS) is 13.4. The molecule has 0 bridgehead atoms. The smallest absolute Gasteiger partial charge is 0.303 e. The summed E-state index contributed by atoms with van der Waals surface area (Å²) in [7, 11) is 4.92. The molecule has 0 aliphatic heterocycles. The van der Waals surface area contributed by atoms with Crippen LogP contribution in [0.3, 0.4) is 0 Å². The minimum Gasteiger partial charge on any atom is -0.481 e. The molecule has 3 nitrogen and oxygen atoms in total. The molecule has 1 atom stereocenters. The molecule has 0 fully saturated rings. The Morgan fingerprint density at radius 3 is 2.08 bits per heavy atom. The number of hydrogen-bond donors (Lipinski definition) is 1. The second kappa shape index (κ2) is 16.5. The molecule has 0 aromatic heterocycles. The van der Waals surface area contributed by atoms with Gasteiger partial charge in [0.1, 0.15) is 4.75 Å². The van der Waals surface area contributed by atoms with Crippen LogP contribution < -0.4 is 0 Å². The van der Waals surface area contributed by atoms with Gasteiger partial charge in [-0.1, -0.05) is 86.3 Å². The maximum Gasteiger partial charge on any atom is 0.303 e. The molecule has 0 aliphatic rings. The molecule has 0 aliphatic carbocycles. The van der Waals surface area contributed by atoms with E-state index in [0.29, 0.717) is 6.42 Å². The monoisotopic (exact) mass is 391 g/mol. The molecule has 0 aromatic rings. The van der Waals surface area contributed by atoms with Crippen LogP contribution in [0.4, 0.5) is 0 Å². The van der Waals surface area contributed by atoms with Crippen molar-refractivity contribution in [2.45, 2.75) is 95.6 Å². The molecule has 0 aromatic carbocycles. The molecule has 140 valence electrons. The lowest BCUT2D eigenvalue weighted by Crippen LogP contribution is -2.17. The molecule has 1 unspecified atom stereocenters. The van der Waals surface area contributed by atoms with Crippen LogP contribution in [0.1, 0.15) is 90.9 Å². The van der Waals surface area contributed by atoms with Crippen molar-refractivity contribution in [1.29, 1.82) is 5.26 Å². The summed E-state index contributed by atoms with van der Waals surface area (Å²) in [6.07, 6.45) is 13.9. The fourth-order valence-corrected chi connectivity index (χ4v) is 6.97. The SMILES string of the molecule is CCCCCCCCCCCCSSSC(C)(C#N)CCC(=O)O. The summed E-state index contributed by atoms with van der Waals surface area (Å²) in [6.45, 7) is 4.08. The molecular formula is C18H33NO2S3. The third-order valence-electron chi connectivity index (χ3n) is 3.90. The molecule has 0 rings (SSSR count). The average Bonchev–Trinajstić information content (AvgIpc) is 2.57. The van der Waals surface area contributed by atoms with Crippen LogP contribution in [-0.2, 0) is 4.79 Å².